The molecule has 0 bridgehead atoms. The van der Waals surface area contributed by atoms with Gasteiger partial charge in [0.05, 0.1) is 29.9 Å². The van der Waals surface area contributed by atoms with Crippen LogP contribution in [-0.2, 0) is 0 Å². The minimum atomic E-state index is -2.97. The van der Waals surface area contributed by atoms with Crippen LogP contribution in [0.5, 0.6) is 11.5 Å². The quantitative estimate of drug-likeness (QED) is 0.382. The second-order valence-electron chi connectivity index (χ2n) is 7.24. The van der Waals surface area contributed by atoms with E-state index in [9.17, 15) is 8.78 Å². The zero-order valence-electron chi connectivity index (χ0n) is 16.9. The van der Waals surface area contributed by atoms with Gasteiger partial charge in [-0.2, -0.15) is 8.78 Å². The van der Waals surface area contributed by atoms with E-state index in [1.54, 1.807) is 19.2 Å². The fraction of sp³-hybridized carbons (Fsp3) is 0.125. The van der Waals surface area contributed by atoms with Gasteiger partial charge in [-0.1, -0.05) is 35.9 Å². The summed E-state index contributed by atoms with van der Waals surface area (Å²) >= 11 is 6.03. The molecule has 0 saturated carbocycles. The van der Waals surface area contributed by atoms with Crippen LogP contribution in [0.2, 0.25) is 5.02 Å². The predicted molar refractivity (Wildman–Crippen MR) is 121 cm³/mol. The minimum absolute atomic E-state index is 0.00991. The van der Waals surface area contributed by atoms with E-state index in [-0.39, 0.29) is 11.8 Å². The van der Waals surface area contributed by atoms with Gasteiger partial charge in [-0.3, -0.25) is 4.57 Å². The Morgan fingerprint density at radius 3 is 2.59 bits per heavy atom. The number of aromatic nitrogens is 2. The Kier molecular flexibility index (Phi) is 5.19. The number of nitrogens with zero attached hydrogens (tertiary/aromatic N) is 2. The fourth-order valence-electron chi connectivity index (χ4n) is 3.92. The third-order valence-corrected chi connectivity index (χ3v) is 5.59. The number of para-hydroxylation sites is 2. The number of imidazole rings is 1. The number of hydrogen-bond donors (Lipinski definition) is 1. The van der Waals surface area contributed by atoms with E-state index in [4.69, 9.17) is 26.1 Å². The first-order chi connectivity index (χ1) is 15.5. The van der Waals surface area contributed by atoms with Crippen LogP contribution in [0.1, 0.15) is 17.2 Å². The molecule has 1 aliphatic rings. The lowest BCUT2D eigenvalue weighted by atomic mass is 10.0. The molecule has 162 valence electrons. The highest BCUT2D eigenvalue weighted by molar-refractivity contribution is 6.30. The van der Waals surface area contributed by atoms with Crippen molar-refractivity contribution in [1.29, 1.82) is 0 Å². The van der Waals surface area contributed by atoms with E-state index in [0.717, 1.165) is 22.3 Å². The maximum Gasteiger partial charge on any atom is 0.387 e. The van der Waals surface area contributed by atoms with Gasteiger partial charge < -0.3 is 14.8 Å². The van der Waals surface area contributed by atoms with E-state index < -0.39 is 6.61 Å². The average Bonchev–Trinajstić information content (AvgIpc) is 3.17. The molecule has 0 aliphatic carbocycles. The smallest absolute Gasteiger partial charge is 0.387 e. The summed E-state index contributed by atoms with van der Waals surface area (Å²) in [5.74, 6) is 1.33. The second kappa shape index (κ2) is 8.16. The fourth-order valence-corrected chi connectivity index (χ4v) is 4.09. The summed E-state index contributed by atoms with van der Waals surface area (Å²) in [6.45, 7) is -2.97. The molecule has 2 heterocycles. The van der Waals surface area contributed by atoms with Crippen molar-refractivity contribution in [2.24, 2.45) is 0 Å². The maximum atomic E-state index is 13.1. The number of hydrogen-bond acceptors (Lipinski definition) is 4. The highest BCUT2D eigenvalue weighted by Gasteiger charge is 2.27. The highest BCUT2D eigenvalue weighted by atomic mass is 35.5. The largest absolute Gasteiger partial charge is 0.497 e. The van der Waals surface area contributed by atoms with Gasteiger partial charge in [0.2, 0.25) is 5.95 Å². The van der Waals surface area contributed by atoms with Gasteiger partial charge in [-0.05, 0) is 54.1 Å². The number of ether oxygens (including phenoxy) is 2. The van der Waals surface area contributed by atoms with Gasteiger partial charge in [0, 0.05) is 10.6 Å². The Balaban J connectivity index is 1.68. The van der Waals surface area contributed by atoms with Crippen LogP contribution in [-0.4, -0.2) is 23.3 Å². The second-order valence-corrected chi connectivity index (χ2v) is 7.67. The van der Waals surface area contributed by atoms with Crippen LogP contribution >= 0.6 is 11.6 Å². The van der Waals surface area contributed by atoms with Crippen molar-refractivity contribution < 1.29 is 18.3 Å². The summed E-state index contributed by atoms with van der Waals surface area (Å²) in [6.07, 6.45) is 1.96. The third-order valence-electron chi connectivity index (χ3n) is 5.35. The Morgan fingerprint density at radius 1 is 1.06 bits per heavy atom. The monoisotopic (exact) mass is 453 g/mol. The molecule has 4 aromatic rings. The molecule has 5 nitrogen and oxygen atoms in total. The predicted octanol–water partition coefficient (Wildman–Crippen LogP) is 6.36. The summed E-state index contributed by atoms with van der Waals surface area (Å²) in [5, 5.41) is 3.58. The molecule has 0 spiro atoms. The summed E-state index contributed by atoms with van der Waals surface area (Å²) in [4.78, 5) is 4.72. The third kappa shape index (κ3) is 3.65. The molecule has 0 unspecified atom stereocenters. The lowest BCUT2D eigenvalue weighted by molar-refractivity contribution is -0.0500. The van der Waals surface area contributed by atoms with Crippen LogP contribution < -0.4 is 14.8 Å². The number of benzene rings is 3. The Hall–Kier alpha value is -3.58. The van der Waals surface area contributed by atoms with Crippen molar-refractivity contribution in [2.45, 2.75) is 12.7 Å². The van der Waals surface area contributed by atoms with E-state index in [2.05, 4.69) is 9.88 Å². The number of allylic oxidation sites excluding steroid dienone is 1. The Bertz CT molecular complexity index is 1320. The Labute approximate surface area is 187 Å². The van der Waals surface area contributed by atoms with Crippen LogP contribution in [0.25, 0.3) is 16.7 Å². The van der Waals surface area contributed by atoms with Crippen molar-refractivity contribution in [3.63, 3.8) is 0 Å². The first kappa shape index (κ1) is 20.3. The number of methoxy groups -OCH3 is 1. The van der Waals surface area contributed by atoms with Crippen LogP contribution in [0, 0.1) is 0 Å². The highest BCUT2D eigenvalue weighted by Crippen LogP contribution is 2.40. The molecule has 0 amide bonds. The molecule has 32 heavy (non-hydrogen) atoms. The van der Waals surface area contributed by atoms with Gasteiger partial charge in [-0.25, -0.2) is 4.98 Å². The summed E-state index contributed by atoms with van der Waals surface area (Å²) < 4.78 is 38.2. The molecule has 3 aromatic carbocycles. The van der Waals surface area contributed by atoms with Crippen LogP contribution in [0.15, 0.2) is 72.8 Å². The summed E-state index contributed by atoms with van der Waals surface area (Å²) in [7, 11) is 1.62. The molecular weight excluding hydrogens is 436 g/mol. The molecule has 0 saturated heterocycles. The first-order valence-corrected chi connectivity index (χ1v) is 10.3. The topological polar surface area (TPSA) is 48.3 Å². The molecule has 1 atom stereocenters. The average molecular weight is 454 g/mol. The van der Waals surface area contributed by atoms with E-state index in [0.29, 0.717) is 22.2 Å². The number of fused-ring (bicyclic) bond motifs is 3. The number of anilines is 1. The van der Waals surface area contributed by atoms with Crippen LogP contribution in [0.3, 0.4) is 0 Å². The number of rotatable bonds is 5. The van der Waals surface area contributed by atoms with Crippen molar-refractivity contribution in [1.82, 2.24) is 9.55 Å². The summed E-state index contributed by atoms with van der Waals surface area (Å²) in [6, 6.07) is 20.0. The lowest BCUT2D eigenvalue weighted by Gasteiger charge is -2.27. The minimum Gasteiger partial charge on any atom is -0.497 e. The van der Waals surface area contributed by atoms with E-state index >= 15 is 0 Å². The van der Waals surface area contributed by atoms with Crippen molar-refractivity contribution in [3.05, 3.63) is 89.0 Å². The molecule has 1 aliphatic heterocycles. The Morgan fingerprint density at radius 2 is 1.84 bits per heavy atom. The number of halogens is 3. The standard InChI is InChI=1S/C24H18ClF2N3O2/c1-31-16-9-6-14(7-10-16)21-13-19(17-11-8-15(25)12-22(17)32-23(26)27)29-24-28-18-4-2-3-5-20(18)30(21)24/h2-13,21,23H,1H3,(H,28,29)/t21-/m0/s1. The van der Waals surface area contributed by atoms with Crippen molar-refractivity contribution >= 4 is 34.3 Å². The van der Waals surface area contributed by atoms with Gasteiger partial charge in [0.15, 0.2) is 0 Å². The lowest BCUT2D eigenvalue weighted by Crippen LogP contribution is -2.19. The first-order valence-electron chi connectivity index (χ1n) is 9.88. The zero-order chi connectivity index (χ0) is 22.2. The summed E-state index contributed by atoms with van der Waals surface area (Å²) in [5.41, 5.74) is 3.82. The molecule has 0 fully saturated rings. The maximum absolute atomic E-state index is 13.1. The molecule has 1 N–H and O–H groups in total. The molecule has 1 aromatic heterocycles. The number of nitrogens with one attached hydrogen (secondary N) is 1. The van der Waals surface area contributed by atoms with Crippen LogP contribution in [0.4, 0.5) is 14.7 Å². The van der Waals surface area contributed by atoms with Gasteiger partial charge in [0.1, 0.15) is 11.5 Å². The van der Waals surface area contributed by atoms with E-state index in [1.165, 1.54) is 6.07 Å². The van der Waals surface area contributed by atoms with Gasteiger partial charge >= 0.3 is 6.61 Å². The SMILES string of the molecule is COc1ccc([C@@H]2C=C(c3ccc(Cl)cc3OC(F)F)Nc3nc4ccccc4n32)cc1. The van der Waals surface area contributed by atoms with E-state index in [1.807, 2.05) is 54.6 Å². The molecule has 5 rings (SSSR count). The molecule has 8 heteroatoms. The van der Waals surface area contributed by atoms with Gasteiger partial charge in [0.25, 0.3) is 0 Å². The van der Waals surface area contributed by atoms with Gasteiger partial charge in [-0.15, -0.1) is 0 Å². The molecular formula is C24H18ClF2N3O2. The zero-order valence-corrected chi connectivity index (χ0v) is 17.7. The van der Waals surface area contributed by atoms with Crippen molar-refractivity contribution in [3.8, 4) is 11.5 Å². The normalized spacial score (nSPS) is 15.3. The van der Waals surface area contributed by atoms with Crippen molar-refractivity contribution in [2.75, 3.05) is 12.4 Å². The molecule has 0 radical (unpaired) electrons. The number of alkyl halides is 2.